The van der Waals surface area contributed by atoms with Crippen molar-refractivity contribution in [2.75, 3.05) is 0 Å². The molecule has 0 aliphatic heterocycles. The average molecular weight is 314 g/mol. The van der Waals surface area contributed by atoms with Gasteiger partial charge in [0.05, 0.1) is 5.69 Å². The highest BCUT2D eigenvalue weighted by Gasteiger charge is 2.48. The van der Waals surface area contributed by atoms with Crippen molar-refractivity contribution < 1.29 is 10.0 Å². The summed E-state index contributed by atoms with van der Waals surface area (Å²) in [5.41, 5.74) is 4.75. The number of carbonyl (C=O) groups is 1. The molecule has 2 aliphatic carbocycles. The summed E-state index contributed by atoms with van der Waals surface area (Å²) in [6.07, 6.45) is 7.10. The topological polar surface area (TPSA) is 62.2 Å². The Hall–Kier alpha value is -1.72. The van der Waals surface area contributed by atoms with Gasteiger partial charge >= 0.3 is 0 Å². The first-order valence-corrected chi connectivity index (χ1v) is 8.59. The van der Waals surface area contributed by atoms with Gasteiger partial charge in [0.2, 0.25) is 0 Å². The number of aryl methyl sites for hydroxylation is 2. The lowest BCUT2D eigenvalue weighted by Gasteiger charge is -2.13. The van der Waals surface area contributed by atoms with Gasteiger partial charge in [0, 0.05) is 15.9 Å². The second-order valence-corrected chi connectivity index (χ2v) is 7.28. The summed E-state index contributed by atoms with van der Waals surface area (Å²) >= 11 is 1.88. The van der Waals surface area contributed by atoms with Gasteiger partial charge in [0.15, 0.2) is 0 Å². The van der Waals surface area contributed by atoms with Crippen molar-refractivity contribution >= 4 is 17.2 Å². The number of aromatic nitrogens is 1. The predicted molar refractivity (Wildman–Crippen MR) is 84.5 cm³/mol. The molecule has 0 unspecified atom stereocenters. The number of thiazole rings is 1. The second-order valence-electron chi connectivity index (χ2n) is 6.20. The summed E-state index contributed by atoms with van der Waals surface area (Å²) in [5.74, 6) is -0.471. The van der Waals surface area contributed by atoms with Crippen LogP contribution >= 0.6 is 11.3 Å². The highest BCUT2D eigenvalue weighted by molar-refractivity contribution is 7.12. The van der Waals surface area contributed by atoms with E-state index >= 15 is 0 Å². The fourth-order valence-corrected chi connectivity index (χ4v) is 4.73. The van der Waals surface area contributed by atoms with Gasteiger partial charge in [-0.05, 0) is 56.2 Å². The average Bonchev–Trinajstić information content (AvgIpc) is 3.27. The molecule has 0 spiro atoms. The van der Waals surface area contributed by atoms with Crippen molar-refractivity contribution in [2.45, 2.75) is 43.9 Å². The lowest BCUT2D eigenvalue weighted by atomic mass is 9.95. The molecule has 22 heavy (non-hydrogen) atoms. The first kappa shape index (κ1) is 13.9. The van der Waals surface area contributed by atoms with E-state index in [2.05, 4.69) is 0 Å². The van der Waals surface area contributed by atoms with Crippen LogP contribution in [-0.2, 0) is 18.3 Å². The van der Waals surface area contributed by atoms with Crippen molar-refractivity contribution in [3.8, 4) is 0 Å². The Morgan fingerprint density at radius 2 is 1.91 bits per heavy atom. The van der Waals surface area contributed by atoms with Gasteiger partial charge in [0.25, 0.3) is 5.91 Å². The van der Waals surface area contributed by atoms with E-state index in [1.165, 1.54) is 40.4 Å². The first-order chi connectivity index (χ1) is 10.7. The Labute approximate surface area is 133 Å². The van der Waals surface area contributed by atoms with Crippen LogP contribution in [-0.4, -0.2) is 16.1 Å². The molecular weight excluding hydrogens is 296 g/mol. The second kappa shape index (κ2) is 5.18. The largest absolute Gasteiger partial charge is 0.288 e. The molecule has 1 fully saturated rings. The van der Waals surface area contributed by atoms with E-state index in [1.54, 1.807) is 17.6 Å². The van der Waals surface area contributed by atoms with Crippen molar-refractivity contribution in [1.82, 2.24) is 10.5 Å². The molecule has 1 aromatic heterocycles. The minimum Gasteiger partial charge on any atom is -0.288 e. The summed E-state index contributed by atoms with van der Waals surface area (Å²) in [5, 5.41) is 9.94. The van der Waals surface area contributed by atoms with Gasteiger partial charge in [-0.2, -0.15) is 0 Å². The Bertz CT molecular complexity index is 693. The number of nitrogens with zero attached hydrogens (tertiary/aromatic N) is 1. The van der Waals surface area contributed by atoms with Gasteiger partial charge in [-0.25, -0.2) is 10.5 Å². The highest BCUT2D eigenvalue weighted by atomic mass is 32.1. The zero-order valence-electron chi connectivity index (χ0n) is 12.3. The van der Waals surface area contributed by atoms with E-state index in [9.17, 15) is 4.79 Å². The fraction of sp³-hybridized carbons (Fsp3) is 0.412. The molecule has 114 valence electrons. The van der Waals surface area contributed by atoms with Crippen LogP contribution < -0.4 is 5.48 Å². The quantitative estimate of drug-likeness (QED) is 0.675. The fourth-order valence-electron chi connectivity index (χ4n) is 3.31. The van der Waals surface area contributed by atoms with Crippen LogP contribution in [0.15, 0.2) is 24.3 Å². The number of benzene rings is 1. The molecule has 2 N–H and O–H groups in total. The van der Waals surface area contributed by atoms with Gasteiger partial charge in [-0.15, -0.1) is 11.3 Å². The number of rotatable bonds is 3. The minimum atomic E-state index is -0.471. The smallest absolute Gasteiger partial charge is 0.274 e. The van der Waals surface area contributed by atoms with Crippen molar-refractivity contribution in [1.29, 1.82) is 0 Å². The third-order valence-corrected chi connectivity index (χ3v) is 6.17. The molecule has 0 saturated heterocycles. The molecule has 2 aromatic rings. The molecule has 4 nitrogen and oxygen atoms in total. The lowest BCUT2D eigenvalue weighted by molar-refractivity contribution is 0.0706. The highest BCUT2D eigenvalue weighted by Crippen LogP contribution is 2.55. The third-order valence-electron chi connectivity index (χ3n) is 4.81. The molecule has 0 bridgehead atoms. The minimum absolute atomic E-state index is 0.0657. The maximum absolute atomic E-state index is 11.4. The van der Waals surface area contributed by atoms with Gasteiger partial charge < -0.3 is 0 Å². The molecule has 5 heteroatoms. The zero-order valence-corrected chi connectivity index (χ0v) is 13.1. The lowest BCUT2D eigenvalue weighted by Crippen LogP contribution is -2.18. The van der Waals surface area contributed by atoms with Gasteiger partial charge in [0.1, 0.15) is 5.01 Å². The van der Waals surface area contributed by atoms with Crippen LogP contribution in [0.4, 0.5) is 0 Å². The Kier molecular flexibility index (Phi) is 3.27. The van der Waals surface area contributed by atoms with Crippen molar-refractivity contribution in [2.24, 2.45) is 0 Å². The molecule has 1 saturated carbocycles. The number of fused-ring (bicyclic) bond motifs is 1. The maximum Gasteiger partial charge on any atom is 0.274 e. The van der Waals surface area contributed by atoms with E-state index in [4.69, 9.17) is 10.2 Å². The standard InChI is InChI=1S/C17H18N2O2S/c20-15(19-21)11-5-7-12(8-6-11)17(9-10-17)16-18-13-3-1-2-4-14(13)22-16/h5-8,21H,1-4,9-10H2,(H,19,20). The molecule has 4 rings (SSSR count). The van der Waals surface area contributed by atoms with Gasteiger partial charge in [-0.3, -0.25) is 10.0 Å². The Morgan fingerprint density at radius 3 is 2.55 bits per heavy atom. The Morgan fingerprint density at radius 1 is 1.18 bits per heavy atom. The van der Waals surface area contributed by atoms with Crippen LogP contribution in [0.1, 0.15) is 57.2 Å². The third kappa shape index (κ3) is 2.16. The monoisotopic (exact) mass is 314 g/mol. The number of hydrogen-bond acceptors (Lipinski definition) is 4. The summed E-state index contributed by atoms with van der Waals surface area (Å²) in [6.45, 7) is 0. The Balaban J connectivity index is 1.66. The van der Waals surface area contributed by atoms with Crippen LogP contribution in [0.2, 0.25) is 0 Å². The maximum atomic E-state index is 11.4. The number of hydrogen-bond donors (Lipinski definition) is 2. The summed E-state index contributed by atoms with van der Waals surface area (Å²) in [6, 6.07) is 7.54. The SMILES string of the molecule is O=C(NO)c1ccc(C2(c3nc4c(s3)CCCC4)CC2)cc1. The summed E-state index contributed by atoms with van der Waals surface area (Å²) in [4.78, 5) is 17.8. The predicted octanol–water partition coefficient (Wildman–Crippen LogP) is 3.22. The molecule has 2 aliphatic rings. The molecule has 1 amide bonds. The van der Waals surface area contributed by atoms with E-state index < -0.39 is 5.91 Å². The number of hydroxylamine groups is 1. The number of amides is 1. The van der Waals surface area contributed by atoms with E-state index in [0.29, 0.717) is 5.56 Å². The molecule has 0 radical (unpaired) electrons. The number of carbonyl (C=O) groups excluding carboxylic acids is 1. The van der Waals surface area contributed by atoms with Crippen LogP contribution in [0.25, 0.3) is 0 Å². The zero-order chi connectivity index (χ0) is 15.2. The van der Waals surface area contributed by atoms with Crippen molar-refractivity contribution in [3.63, 3.8) is 0 Å². The van der Waals surface area contributed by atoms with E-state index in [1.807, 2.05) is 23.5 Å². The summed E-state index contributed by atoms with van der Waals surface area (Å²) < 4.78 is 0. The van der Waals surface area contributed by atoms with Crippen LogP contribution in [0.5, 0.6) is 0 Å². The molecule has 1 aromatic carbocycles. The molecule has 0 atom stereocenters. The van der Waals surface area contributed by atoms with Crippen LogP contribution in [0, 0.1) is 0 Å². The van der Waals surface area contributed by atoms with E-state index in [-0.39, 0.29) is 5.41 Å². The normalized spacial score (nSPS) is 18.6. The van der Waals surface area contributed by atoms with Gasteiger partial charge in [-0.1, -0.05) is 12.1 Å². The molecular formula is C17H18N2O2S. The summed E-state index contributed by atoms with van der Waals surface area (Å²) in [7, 11) is 0. The molecule has 1 heterocycles. The number of nitrogens with one attached hydrogen (secondary N) is 1. The van der Waals surface area contributed by atoms with Crippen molar-refractivity contribution in [3.05, 3.63) is 51.0 Å². The van der Waals surface area contributed by atoms with Crippen LogP contribution in [0.3, 0.4) is 0 Å². The first-order valence-electron chi connectivity index (χ1n) is 7.77. The van der Waals surface area contributed by atoms with E-state index in [0.717, 1.165) is 19.3 Å².